The highest BCUT2D eigenvalue weighted by Gasteiger charge is 2.67. The molecule has 0 amide bonds. The first-order chi connectivity index (χ1) is 16.1. The van der Waals surface area contributed by atoms with Crippen molar-refractivity contribution in [3.8, 4) is 0 Å². The summed E-state index contributed by atoms with van der Waals surface area (Å²) in [6.45, 7) is 6.96. The number of rotatable bonds is 6. The summed E-state index contributed by atoms with van der Waals surface area (Å²) in [7, 11) is -3.77. The van der Waals surface area contributed by atoms with Gasteiger partial charge in [0.2, 0.25) is 0 Å². The molecule has 5 aliphatic carbocycles. The van der Waals surface area contributed by atoms with Crippen LogP contribution < -0.4 is 0 Å². The Balaban J connectivity index is 1.39. The zero-order valence-electron chi connectivity index (χ0n) is 21.3. The van der Waals surface area contributed by atoms with E-state index in [-0.39, 0.29) is 33.9 Å². The summed E-state index contributed by atoms with van der Waals surface area (Å²) in [5.74, 6) is 3.12. The van der Waals surface area contributed by atoms with E-state index < -0.39 is 10.1 Å². The predicted octanol–water partition coefficient (Wildman–Crippen LogP) is 6.06. The summed E-state index contributed by atoms with van der Waals surface area (Å²) in [6.07, 6.45) is 11.1. The van der Waals surface area contributed by atoms with Gasteiger partial charge in [0.1, 0.15) is 0 Å². The van der Waals surface area contributed by atoms with Crippen molar-refractivity contribution in [2.24, 2.45) is 39.9 Å². The molecule has 4 nitrogen and oxygen atoms in total. The number of thioether (sulfide) groups is 1. The van der Waals surface area contributed by atoms with E-state index in [1.54, 1.807) is 12.1 Å². The van der Waals surface area contributed by atoms with Crippen LogP contribution in [-0.4, -0.2) is 38.2 Å². The molecule has 8 atom stereocenters. The minimum absolute atomic E-state index is 0.0630. The van der Waals surface area contributed by atoms with E-state index >= 15 is 0 Å². The summed E-state index contributed by atoms with van der Waals surface area (Å²) in [4.78, 5) is 0.246. The fourth-order valence-electron chi connectivity index (χ4n) is 9.19. The molecule has 2 bridgehead atoms. The van der Waals surface area contributed by atoms with Crippen molar-refractivity contribution >= 4 is 21.9 Å². The second-order valence-corrected chi connectivity index (χ2v) is 15.0. The maximum absolute atomic E-state index is 13.0. The Morgan fingerprint density at radius 1 is 1.06 bits per heavy atom. The van der Waals surface area contributed by atoms with Gasteiger partial charge >= 0.3 is 0 Å². The Bertz CT molecular complexity index is 1010. The topological polar surface area (TPSA) is 63.6 Å². The molecule has 6 heteroatoms. The standard InChI is InChI=1S/C28H42O4S2/c1-19-6-8-21(9-7-19)34(30,31)32-18-26(2)12-5-13-27(3)23(26)11-15-28-14-10-20(16-24(27)28)22(17-33-4)25(28)29/h6-9,20,22-25,29H,5,10-18H2,1-4H3/t20-,22+,23-,24+,25-,26+,27-,28+/m1/s1. The molecule has 5 fully saturated rings. The first-order valence-corrected chi connectivity index (χ1v) is 16.0. The van der Waals surface area contributed by atoms with E-state index in [1.807, 2.05) is 30.8 Å². The summed E-state index contributed by atoms with van der Waals surface area (Å²) in [6, 6.07) is 6.94. The Kier molecular flexibility index (Phi) is 6.48. The van der Waals surface area contributed by atoms with Crippen LogP contribution in [0.25, 0.3) is 0 Å². The van der Waals surface area contributed by atoms with Gasteiger partial charge in [0.25, 0.3) is 10.1 Å². The molecule has 0 radical (unpaired) electrons. The highest BCUT2D eigenvalue weighted by atomic mass is 32.2. The van der Waals surface area contributed by atoms with E-state index in [9.17, 15) is 13.5 Å². The van der Waals surface area contributed by atoms with Gasteiger partial charge in [0, 0.05) is 0 Å². The van der Waals surface area contributed by atoms with Crippen LogP contribution in [0.15, 0.2) is 29.2 Å². The number of hydrogen-bond donors (Lipinski definition) is 1. The zero-order valence-corrected chi connectivity index (χ0v) is 22.9. The Hall–Kier alpha value is -0.560. The molecule has 5 aliphatic rings. The van der Waals surface area contributed by atoms with Crippen LogP contribution in [0.2, 0.25) is 0 Å². The quantitative estimate of drug-likeness (QED) is 0.475. The van der Waals surface area contributed by atoms with Crippen molar-refractivity contribution in [1.29, 1.82) is 0 Å². The number of aliphatic hydroxyl groups is 1. The lowest BCUT2D eigenvalue weighted by atomic mass is 9.35. The zero-order chi connectivity index (χ0) is 24.4. The van der Waals surface area contributed by atoms with Crippen LogP contribution in [0.4, 0.5) is 0 Å². The van der Waals surface area contributed by atoms with E-state index in [1.165, 1.54) is 25.7 Å². The van der Waals surface area contributed by atoms with Gasteiger partial charge in [-0.2, -0.15) is 20.2 Å². The normalized spacial score (nSPS) is 43.9. The Morgan fingerprint density at radius 2 is 1.76 bits per heavy atom. The lowest BCUT2D eigenvalue weighted by Crippen LogP contribution is -2.66. The van der Waals surface area contributed by atoms with Crippen molar-refractivity contribution in [1.82, 2.24) is 0 Å². The lowest BCUT2D eigenvalue weighted by molar-refractivity contribution is -0.242. The molecule has 0 unspecified atom stereocenters. The molecule has 0 saturated heterocycles. The summed E-state index contributed by atoms with van der Waals surface area (Å²) in [5, 5.41) is 11.6. The molecule has 1 aromatic rings. The third-order valence-corrected chi connectivity index (χ3v) is 12.8. The van der Waals surface area contributed by atoms with E-state index in [4.69, 9.17) is 4.18 Å². The molecule has 0 heterocycles. The monoisotopic (exact) mass is 506 g/mol. The molecule has 1 N–H and O–H groups in total. The van der Waals surface area contributed by atoms with Crippen molar-refractivity contribution in [3.05, 3.63) is 29.8 Å². The highest BCUT2D eigenvalue weighted by molar-refractivity contribution is 7.98. The summed E-state index contributed by atoms with van der Waals surface area (Å²) >= 11 is 1.88. The number of aliphatic hydroxyl groups excluding tert-OH is 1. The van der Waals surface area contributed by atoms with Gasteiger partial charge in [-0.15, -0.1) is 0 Å². The van der Waals surface area contributed by atoms with Crippen molar-refractivity contribution < 1.29 is 17.7 Å². The maximum Gasteiger partial charge on any atom is 0.296 e. The SMILES string of the molecule is CSC[C@H]1[C@@H]2CC[C@@]3(CC[C@@H]4[C@](C)(COS(=O)(=O)c5ccc(C)cc5)CCC[C@@]4(C)[C@@H]3C2)[C@@H]1O. The number of benzene rings is 1. The average molecular weight is 507 g/mol. The van der Waals surface area contributed by atoms with Crippen molar-refractivity contribution in [2.75, 3.05) is 18.6 Å². The third kappa shape index (κ3) is 3.81. The molecule has 0 aliphatic heterocycles. The molecule has 1 aromatic carbocycles. The minimum atomic E-state index is -3.77. The van der Waals surface area contributed by atoms with Gasteiger partial charge in [-0.3, -0.25) is 4.18 Å². The molecular weight excluding hydrogens is 464 g/mol. The Labute approximate surface area is 210 Å². The van der Waals surface area contributed by atoms with Crippen molar-refractivity contribution in [2.45, 2.75) is 83.1 Å². The van der Waals surface area contributed by atoms with E-state index in [0.717, 1.165) is 37.0 Å². The van der Waals surface area contributed by atoms with Gasteiger partial charge in [-0.25, -0.2) is 0 Å². The molecule has 0 aromatic heterocycles. The second kappa shape index (κ2) is 8.78. The predicted molar refractivity (Wildman–Crippen MR) is 138 cm³/mol. The smallest absolute Gasteiger partial charge is 0.296 e. The van der Waals surface area contributed by atoms with E-state index in [0.29, 0.717) is 23.7 Å². The van der Waals surface area contributed by atoms with Crippen LogP contribution in [0.5, 0.6) is 0 Å². The van der Waals surface area contributed by atoms with Gasteiger partial charge in [0.05, 0.1) is 17.6 Å². The largest absolute Gasteiger partial charge is 0.392 e. The van der Waals surface area contributed by atoms with Gasteiger partial charge in [0.15, 0.2) is 0 Å². The van der Waals surface area contributed by atoms with Gasteiger partial charge in [-0.1, -0.05) is 38.0 Å². The Morgan fingerprint density at radius 3 is 2.47 bits per heavy atom. The van der Waals surface area contributed by atoms with Crippen molar-refractivity contribution in [3.63, 3.8) is 0 Å². The first-order valence-electron chi connectivity index (χ1n) is 13.2. The maximum atomic E-state index is 13.0. The van der Waals surface area contributed by atoms with E-state index in [2.05, 4.69) is 20.1 Å². The number of aryl methyl sites for hydroxylation is 1. The fraction of sp³-hybridized carbons (Fsp3) is 0.786. The summed E-state index contributed by atoms with van der Waals surface area (Å²) < 4.78 is 31.7. The van der Waals surface area contributed by atoms with Crippen LogP contribution in [0, 0.1) is 46.8 Å². The molecule has 6 rings (SSSR count). The number of hydrogen-bond acceptors (Lipinski definition) is 5. The lowest BCUT2D eigenvalue weighted by Gasteiger charge is -2.70. The first kappa shape index (κ1) is 25.1. The van der Waals surface area contributed by atoms with Gasteiger partial charge in [-0.05, 0) is 116 Å². The second-order valence-electron chi connectivity index (χ2n) is 12.5. The van der Waals surface area contributed by atoms with Crippen LogP contribution >= 0.6 is 11.8 Å². The molecule has 190 valence electrons. The molecular formula is C28H42O4S2. The molecule has 5 saturated carbocycles. The highest BCUT2D eigenvalue weighted by Crippen LogP contribution is 2.72. The van der Waals surface area contributed by atoms with Crippen LogP contribution in [-0.2, 0) is 14.3 Å². The molecule has 34 heavy (non-hydrogen) atoms. The number of fused-ring (bicyclic) bond motifs is 3. The fourth-order valence-corrected chi connectivity index (χ4v) is 11.1. The van der Waals surface area contributed by atoms with Crippen LogP contribution in [0.3, 0.4) is 0 Å². The van der Waals surface area contributed by atoms with Gasteiger partial charge < -0.3 is 5.11 Å². The minimum Gasteiger partial charge on any atom is -0.392 e. The molecule has 1 spiro atoms. The third-order valence-electron chi connectivity index (χ3n) is 10.8. The van der Waals surface area contributed by atoms with Crippen LogP contribution in [0.1, 0.15) is 70.8 Å². The average Bonchev–Trinajstić information content (AvgIpc) is 2.80. The summed E-state index contributed by atoms with van der Waals surface area (Å²) in [5.41, 5.74) is 1.08.